The van der Waals surface area contributed by atoms with Gasteiger partial charge in [-0.1, -0.05) is 6.07 Å². The highest BCUT2D eigenvalue weighted by molar-refractivity contribution is 6.04. The number of amides is 2. The number of alkyl halides is 3. The number of likely N-dealkylation sites (tertiary alicyclic amines) is 1. The second-order valence-corrected chi connectivity index (χ2v) is 9.82. The minimum absolute atomic E-state index is 0.144. The van der Waals surface area contributed by atoms with Crippen molar-refractivity contribution in [3.8, 4) is 11.3 Å². The summed E-state index contributed by atoms with van der Waals surface area (Å²) in [7, 11) is 2.06. The number of nitrogens with two attached hydrogens (primary N) is 1. The highest BCUT2D eigenvalue weighted by Gasteiger charge is 2.32. The number of hydrogen-bond acceptors (Lipinski definition) is 6. The summed E-state index contributed by atoms with van der Waals surface area (Å²) in [4.78, 5) is 25.2. The molecule has 4 aromatic rings. The van der Waals surface area contributed by atoms with Gasteiger partial charge in [0.05, 0.1) is 22.7 Å². The smallest absolute Gasteiger partial charge is 0.383 e. The number of likely N-dealkylation sites (N-methyl/N-ethyl adjacent to an activating group) is 1. The molecule has 2 aliphatic heterocycles. The van der Waals surface area contributed by atoms with Crippen LogP contribution in [0.4, 0.5) is 39.5 Å². The van der Waals surface area contributed by atoms with Crippen molar-refractivity contribution in [2.45, 2.75) is 25.1 Å². The van der Waals surface area contributed by atoms with Crippen LogP contribution >= 0.6 is 0 Å². The predicted octanol–water partition coefficient (Wildman–Crippen LogP) is 4.70. The van der Waals surface area contributed by atoms with Gasteiger partial charge in [0.1, 0.15) is 23.7 Å². The summed E-state index contributed by atoms with van der Waals surface area (Å²) in [5.41, 5.74) is 8.15. The largest absolute Gasteiger partial charge is 0.416 e. The van der Waals surface area contributed by atoms with E-state index >= 15 is 0 Å². The summed E-state index contributed by atoms with van der Waals surface area (Å²) in [6.45, 7) is 2.06. The molecule has 2 aliphatic rings. The molecule has 1 atom stereocenters. The molecule has 9 nitrogen and oxygen atoms in total. The zero-order valence-electron chi connectivity index (χ0n) is 20.8. The van der Waals surface area contributed by atoms with Gasteiger partial charge in [0.25, 0.3) is 0 Å². The van der Waals surface area contributed by atoms with Gasteiger partial charge in [-0.25, -0.2) is 23.8 Å². The first-order valence-corrected chi connectivity index (χ1v) is 12.4. The molecule has 2 aromatic carbocycles. The molecule has 0 bridgehead atoms. The SMILES string of the molecule is CN1CCC(n2nc(-c3ccc4c(c3)CCN4C(=O)Nc3cc(C(F)(F)F)ccc3F)c3c(N)ncnc32)C1. The number of urea groups is 1. The van der Waals surface area contributed by atoms with Crippen LogP contribution in [-0.4, -0.2) is 57.4 Å². The van der Waals surface area contributed by atoms with Crippen molar-refractivity contribution in [2.75, 3.05) is 42.6 Å². The van der Waals surface area contributed by atoms with E-state index in [0.717, 1.165) is 30.6 Å². The Morgan fingerprint density at radius 1 is 1.13 bits per heavy atom. The van der Waals surface area contributed by atoms with Gasteiger partial charge < -0.3 is 16.0 Å². The molecule has 0 spiro atoms. The van der Waals surface area contributed by atoms with Gasteiger partial charge in [0.2, 0.25) is 0 Å². The van der Waals surface area contributed by atoms with E-state index in [2.05, 4.69) is 27.2 Å². The number of hydrogen-bond donors (Lipinski definition) is 2. The van der Waals surface area contributed by atoms with Gasteiger partial charge >= 0.3 is 12.2 Å². The summed E-state index contributed by atoms with van der Waals surface area (Å²) < 4.78 is 55.3. The average molecular weight is 541 g/mol. The van der Waals surface area contributed by atoms with E-state index in [1.165, 1.54) is 11.2 Å². The summed E-state index contributed by atoms with van der Waals surface area (Å²) in [6, 6.07) is 6.78. The zero-order valence-corrected chi connectivity index (χ0v) is 20.8. The minimum Gasteiger partial charge on any atom is -0.383 e. The molecule has 13 heteroatoms. The first kappa shape index (κ1) is 25.0. The standard InChI is InChI=1S/C26H24F4N8O/c1-36-8-7-17(12-36)38-24-21(23(31)32-13-33-24)22(35-38)15-2-5-20-14(10-15)6-9-37(20)25(39)34-19-11-16(26(28,29)30)3-4-18(19)27/h2-5,10-11,13,17H,6-9,12H2,1H3,(H,34,39)(H2,31,32,33). The highest BCUT2D eigenvalue weighted by atomic mass is 19.4. The molecule has 1 fully saturated rings. The number of aromatic nitrogens is 4. The molecular weight excluding hydrogens is 516 g/mol. The van der Waals surface area contributed by atoms with Crippen LogP contribution in [-0.2, 0) is 12.6 Å². The van der Waals surface area contributed by atoms with Gasteiger partial charge in [-0.05, 0) is 55.8 Å². The monoisotopic (exact) mass is 540 g/mol. The number of benzene rings is 2. The third kappa shape index (κ3) is 4.42. The molecule has 2 aromatic heterocycles. The second-order valence-electron chi connectivity index (χ2n) is 9.82. The number of carbonyl (C=O) groups excluding carboxylic acids is 1. The van der Waals surface area contributed by atoms with Gasteiger partial charge in [0.15, 0.2) is 5.65 Å². The van der Waals surface area contributed by atoms with Crippen LogP contribution < -0.4 is 16.0 Å². The van der Waals surface area contributed by atoms with Crippen LogP contribution in [0.3, 0.4) is 0 Å². The third-order valence-electron chi connectivity index (χ3n) is 7.26. The number of fused-ring (bicyclic) bond motifs is 2. The summed E-state index contributed by atoms with van der Waals surface area (Å²) >= 11 is 0. The Morgan fingerprint density at radius 2 is 1.95 bits per heavy atom. The molecule has 2 amide bonds. The van der Waals surface area contributed by atoms with Crippen molar-refractivity contribution in [3.05, 3.63) is 59.7 Å². The Balaban J connectivity index is 1.31. The van der Waals surface area contributed by atoms with Crippen LogP contribution in [0.25, 0.3) is 22.3 Å². The molecule has 0 aliphatic carbocycles. The second kappa shape index (κ2) is 9.19. The first-order chi connectivity index (χ1) is 18.6. The maximum Gasteiger partial charge on any atom is 0.416 e. The van der Waals surface area contributed by atoms with Crippen molar-refractivity contribution < 1.29 is 22.4 Å². The number of carbonyl (C=O) groups is 1. The maximum atomic E-state index is 14.2. The lowest BCUT2D eigenvalue weighted by Gasteiger charge is -2.19. The van der Waals surface area contributed by atoms with Crippen LogP contribution in [0.15, 0.2) is 42.7 Å². The van der Waals surface area contributed by atoms with E-state index in [0.29, 0.717) is 52.9 Å². The van der Waals surface area contributed by atoms with Crippen LogP contribution in [0.5, 0.6) is 0 Å². The molecular formula is C26H24F4N8O. The highest BCUT2D eigenvalue weighted by Crippen LogP contribution is 2.38. The van der Waals surface area contributed by atoms with E-state index in [9.17, 15) is 22.4 Å². The fourth-order valence-corrected chi connectivity index (χ4v) is 5.30. The number of rotatable bonds is 3. The third-order valence-corrected chi connectivity index (χ3v) is 7.26. The number of nitrogens with one attached hydrogen (secondary N) is 1. The lowest BCUT2D eigenvalue weighted by molar-refractivity contribution is -0.137. The first-order valence-electron chi connectivity index (χ1n) is 12.4. The molecule has 202 valence electrons. The van der Waals surface area contributed by atoms with E-state index in [-0.39, 0.29) is 12.6 Å². The van der Waals surface area contributed by atoms with E-state index in [1.807, 2.05) is 10.7 Å². The normalized spacial score (nSPS) is 17.7. The van der Waals surface area contributed by atoms with E-state index in [1.54, 1.807) is 12.1 Å². The quantitative estimate of drug-likeness (QED) is 0.365. The predicted molar refractivity (Wildman–Crippen MR) is 138 cm³/mol. The molecule has 0 saturated carbocycles. The molecule has 4 heterocycles. The van der Waals surface area contributed by atoms with Gasteiger partial charge in [-0.2, -0.15) is 18.3 Å². The van der Waals surface area contributed by atoms with Crippen LogP contribution in [0.1, 0.15) is 23.6 Å². The maximum absolute atomic E-state index is 14.2. The Hall–Kier alpha value is -4.26. The summed E-state index contributed by atoms with van der Waals surface area (Å²) in [5.74, 6) is -0.640. The van der Waals surface area contributed by atoms with Gasteiger partial charge in [-0.15, -0.1) is 0 Å². The Bertz CT molecular complexity index is 1600. The van der Waals surface area contributed by atoms with Gasteiger partial charge in [0, 0.05) is 30.9 Å². The topological polar surface area (TPSA) is 105 Å². The molecule has 1 saturated heterocycles. The number of nitrogen functional groups attached to an aromatic ring is 1. The minimum atomic E-state index is -4.66. The molecule has 1 unspecified atom stereocenters. The molecule has 39 heavy (non-hydrogen) atoms. The molecule has 0 radical (unpaired) electrons. The van der Waals surface area contributed by atoms with E-state index in [4.69, 9.17) is 10.8 Å². The molecule has 6 rings (SSSR count). The fourth-order valence-electron chi connectivity index (χ4n) is 5.30. The molecule has 3 N–H and O–H groups in total. The van der Waals surface area contributed by atoms with E-state index < -0.39 is 29.3 Å². The van der Waals surface area contributed by atoms with Crippen molar-refractivity contribution in [2.24, 2.45) is 0 Å². The number of halogens is 4. The summed E-state index contributed by atoms with van der Waals surface area (Å²) in [5, 5.41) is 7.82. The Kier molecular flexibility index (Phi) is 5.90. The lowest BCUT2D eigenvalue weighted by Crippen LogP contribution is -2.33. The number of anilines is 3. The van der Waals surface area contributed by atoms with Crippen LogP contribution in [0.2, 0.25) is 0 Å². The number of nitrogens with zero attached hydrogens (tertiary/aromatic N) is 6. The fraction of sp³-hybridized carbons (Fsp3) is 0.308. The van der Waals surface area contributed by atoms with Crippen molar-refractivity contribution in [1.82, 2.24) is 24.6 Å². The van der Waals surface area contributed by atoms with Gasteiger partial charge in [-0.3, -0.25) is 4.90 Å². The van der Waals surface area contributed by atoms with Crippen molar-refractivity contribution in [1.29, 1.82) is 0 Å². The average Bonchev–Trinajstić information content (AvgIpc) is 3.61. The lowest BCUT2D eigenvalue weighted by atomic mass is 10.0. The Morgan fingerprint density at radius 3 is 2.69 bits per heavy atom. The van der Waals surface area contributed by atoms with Crippen molar-refractivity contribution >= 4 is 34.3 Å². The van der Waals surface area contributed by atoms with Crippen molar-refractivity contribution in [3.63, 3.8) is 0 Å². The Labute approximate surface area is 220 Å². The summed E-state index contributed by atoms with van der Waals surface area (Å²) in [6.07, 6.45) is -1.81. The van der Waals surface area contributed by atoms with Crippen LogP contribution in [0, 0.1) is 5.82 Å². The zero-order chi connectivity index (χ0) is 27.5.